The van der Waals surface area contributed by atoms with E-state index in [1.54, 1.807) is 12.1 Å². The van der Waals surface area contributed by atoms with E-state index < -0.39 is 12.1 Å². The third kappa shape index (κ3) is 2.20. The first-order valence-corrected chi connectivity index (χ1v) is 4.22. The van der Waals surface area contributed by atoms with Gasteiger partial charge in [-0.05, 0) is 0 Å². The molecule has 15 heavy (non-hydrogen) atoms. The van der Waals surface area contributed by atoms with Crippen LogP contribution in [-0.2, 0) is 6.42 Å². The summed E-state index contributed by atoms with van der Waals surface area (Å²) in [5, 5.41) is 16.8. The van der Waals surface area contributed by atoms with Gasteiger partial charge in [0.1, 0.15) is 11.8 Å². The molecule has 1 aromatic rings. The molecule has 0 aliphatic carbocycles. The molecule has 1 aromatic heterocycles. The van der Waals surface area contributed by atoms with Crippen molar-refractivity contribution in [3.05, 3.63) is 28.0 Å². The molecule has 0 aliphatic heterocycles. The Bertz CT molecular complexity index is 460. The molecule has 6 heteroatoms. The van der Waals surface area contributed by atoms with Gasteiger partial charge in [-0.1, -0.05) is 11.6 Å². The quantitative estimate of drug-likeness (QED) is 0.780. The first-order valence-electron chi connectivity index (χ1n) is 3.84. The van der Waals surface area contributed by atoms with Crippen molar-refractivity contribution in [1.29, 1.82) is 10.5 Å². The van der Waals surface area contributed by atoms with Gasteiger partial charge in [0.2, 0.25) is 0 Å². The summed E-state index contributed by atoms with van der Waals surface area (Å²) in [4.78, 5) is 3.38. The lowest BCUT2D eigenvalue weighted by atomic mass is 10.1. The fraction of sp³-hybridized carbons (Fsp3) is 0.222. The van der Waals surface area contributed by atoms with Crippen molar-refractivity contribution in [3.63, 3.8) is 0 Å². The monoisotopic (exact) mass is 227 g/mol. The minimum Gasteiger partial charge on any atom is -0.252 e. The van der Waals surface area contributed by atoms with Gasteiger partial charge in [0.25, 0.3) is 6.43 Å². The molecular formula is C9H4ClF2N3. The van der Waals surface area contributed by atoms with Crippen molar-refractivity contribution in [2.75, 3.05) is 0 Å². The van der Waals surface area contributed by atoms with Gasteiger partial charge in [-0.25, -0.2) is 8.78 Å². The molecule has 0 saturated carbocycles. The lowest BCUT2D eigenvalue weighted by molar-refractivity contribution is 0.146. The molecule has 0 N–H and O–H groups in total. The number of hydrogen-bond acceptors (Lipinski definition) is 3. The maximum Gasteiger partial charge on any atom is 0.281 e. The number of hydrogen-bond donors (Lipinski definition) is 0. The molecule has 76 valence electrons. The summed E-state index contributed by atoms with van der Waals surface area (Å²) in [5.41, 5.74) is -0.446. The van der Waals surface area contributed by atoms with E-state index >= 15 is 0 Å². The SMILES string of the molecule is N#CCc1c(C#N)cnc(C(F)F)c1Cl. The number of halogens is 3. The predicted molar refractivity (Wildman–Crippen MR) is 48.2 cm³/mol. The fourth-order valence-electron chi connectivity index (χ4n) is 1.04. The molecule has 1 rings (SSSR count). The van der Waals surface area contributed by atoms with E-state index in [1.807, 2.05) is 0 Å². The first-order chi connectivity index (χ1) is 7.11. The summed E-state index contributed by atoms with van der Waals surface area (Å²) in [7, 11) is 0. The van der Waals surface area contributed by atoms with Crippen LogP contribution in [-0.4, -0.2) is 4.98 Å². The molecule has 0 fully saturated rings. The van der Waals surface area contributed by atoms with Crippen LogP contribution in [0.4, 0.5) is 8.78 Å². The number of rotatable bonds is 2. The Morgan fingerprint density at radius 1 is 1.47 bits per heavy atom. The van der Waals surface area contributed by atoms with Gasteiger partial charge in [0.15, 0.2) is 0 Å². The minimum absolute atomic E-state index is 0.0472. The van der Waals surface area contributed by atoms with Gasteiger partial charge >= 0.3 is 0 Å². The molecule has 0 atom stereocenters. The van der Waals surface area contributed by atoms with Gasteiger partial charge < -0.3 is 0 Å². The van der Waals surface area contributed by atoms with Gasteiger partial charge in [-0.15, -0.1) is 0 Å². The van der Waals surface area contributed by atoms with Crippen molar-refractivity contribution in [3.8, 4) is 12.1 Å². The maximum absolute atomic E-state index is 12.4. The smallest absolute Gasteiger partial charge is 0.252 e. The lowest BCUT2D eigenvalue weighted by Crippen LogP contribution is -1.99. The summed E-state index contributed by atoms with van der Waals surface area (Å²) in [5.74, 6) is 0. The van der Waals surface area contributed by atoms with E-state index in [0.29, 0.717) is 0 Å². The highest BCUT2D eigenvalue weighted by atomic mass is 35.5. The molecule has 0 amide bonds. The van der Waals surface area contributed by atoms with Crippen LogP contribution in [0.25, 0.3) is 0 Å². The zero-order valence-corrected chi connectivity index (χ0v) is 8.09. The van der Waals surface area contributed by atoms with Crippen LogP contribution in [0, 0.1) is 22.7 Å². The van der Waals surface area contributed by atoms with Crippen molar-refractivity contribution in [1.82, 2.24) is 4.98 Å². The number of nitrogens with zero attached hydrogens (tertiary/aromatic N) is 3. The van der Waals surface area contributed by atoms with E-state index in [0.717, 1.165) is 6.20 Å². The second-order valence-electron chi connectivity index (χ2n) is 2.60. The van der Waals surface area contributed by atoms with E-state index in [1.165, 1.54) is 0 Å². The Morgan fingerprint density at radius 2 is 2.13 bits per heavy atom. The van der Waals surface area contributed by atoms with Crippen LogP contribution >= 0.6 is 11.6 Å². The number of nitriles is 2. The lowest BCUT2D eigenvalue weighted by Gasteiger charge is -2.06. The van der Waals surface area contributed by atoms with Gasteiger partial charge in [0.05, 0.1) is 23.1 Å². The third-order valence-electron chi connectivity index (χ3n) is 1.73. The number of alkyl halides is 2. The molecular weight excluding hydrogens is 224 g/mol. The Labute approximate surface area is 89.5 Å². The molecule has 0 saturated heterocycles. The molecule has 0 unspecified atom stereocenters. The Kier molecular flexibility index (Phi) is 3.54. The van der Waals surface area contributed by atoms with Crippen molar-refractivity contribution in [2.45, 2.75) is 12.8 Å². The highest BCUT2D eigenvalue weighted by Gasteiger charge is 2.19. The normalized spacial score (nSPS) is 9.73. The van der Waals surface area contributed by atoms with E-state index in [-0.39, 0.29) is 22.6 Å². The summed E-state index contributed by atoms with van der Waals surface area (Å²) in [6.45, 7) is 0. The van der Waals surface area contributed by atoms with Crippen LogP contribution < -0.4 is 0 Å². The Balaban J connectivity index is 3.38. The number of aromatic nitrogens is 1. The zero-order chi connectivity index (χ0) is 11.4. The fourth-order valence-corrected chi connectivity index (χ4v) is 1.34. The first kappa shape index (κ1) is 11.4. The molecule has 0 bridgehead atoms. The van der Waals surface area contributed by atoms with Crippen LogP contribution in [0.1, 0.15) is 23.2 Å². The molecule has 0 aliphatic rings. The van der Waals surface area contributed by atoms with Crippen molar-refractivity contribution in [2.24, 2.45) is 0 Å². The van der Waals surface area contributed by atoms with E-state index in [9.17, 15) is 8.78 Å². The second-order valence-corrected chi connectivity index (χ2v) is 2.98. The summed E-state index contributed by atoms with van der Waals surface area (Å²) < 4.78 is 24.7. The van der Waals surface area contributed by atoms with Crippen LogP contribution in [0.5, 0.6) is 0 Å². The molecule has 0 spiro atoms. The Hall–Kier alpha value is -1.72. The second kappa shape index (κ2) is 4.68. The summed E-state index contributed by atoms with van der Waals surface area (Å²) in [6, 6.07) is 3.50. The largest absolute Gasteiger partial charge is 0.281 e. The maximum atomic E-state index is 12.4. The molecule has 0 aromatic carbocycles. The van der Waals surface area contributed by atoms with Crippen molar-refractivity contribution < 1.29 is 8.78 Å². The molecule has 1 heterocycles. The van der Waals surface area contributed by atoms with Gasteiger partial charge in [-0.2, -0.15) is 10.5 Å². The average molecular weight is 228 g/mol. The average Bonchev–Trinajstić information content (AvgIpc) is 2.20. The van der Waals surface area contributed by atoms with Crippen molar-refractivity contribution >= 4 is 11.6 Å². The van der Waals surface area contributed by atoms with E-state index in [4.69, 9.17) is 22.1 Å². The van der Waals surface area contributed by atoms with Crippen LogP contribution in [0.15, 0.2) is 6.20 Å². The topological polar surface area (TPSA) is 60.5 Å². The minimum atomic E-state index is -2.82. The third-order valence-corrected chi connectivity index (χ3v) is 2.15. The van der Waals surface area contributed by atoms with Crippen LogP contribution in [0.3, 0.4) is 0 Å². The zero-order valence-electron chi connectivity index (χ0n) is 7.34. The highest BCUT2D eigenvalue weighted by molar-refractivity contribution is 6.32. The Morgan fingerprint density at radius 3 is 2.60 bits per heavy atom. The number of pyridine rings is 1. The highest BCUT2D eigenvalue weighted by Crippen LogP contribution is 2.29. The van der Waals surface area contributed by atoms with Gasteiger partial charge in [-0.3, -0.25) is 4.98 Å². The standard InChI is InChI=1S/C9H4ClF2N3/c10-7-6(1-2-13)5(3-14)4-15-8(7)9(11)12/h4,9H,1H2. The van der Waals surface area contributed by atoms with Crippen LogP contribution in [0.2, 0.25) is 5.02 Å². The summed E-state index contributed by atoms with van der Waals surface area (Å²) in [6.07, 6.45) is -2.01. The summed E-state index contributed by atoms with van der Waals surface area (Å²) >= 11 is 5.62. The molecule has 3 nitrogen and oxygen atoms in total. The van der Waals surface area contributed by atoms with Gasteiger partial charge in [0, 0.05) is 11.8 Å². The van der Waals surface area contributed by atoms with E-state index in [2.05, 4.69) is 4.98 Å². The predicted octanol–water partition coefficient (Wildman–Crippen LogP) is 2.61. The molecule has 0 radical (unpaired) electrons.